The number of rotatable bonds is 6. The molecule has 4 N–H and O–H groups in total. The van der Waals surface area contributed by atoms with Crippen molar-refractivity contribution in [2.75, 3.05) is 7.05 Å². The number of hydrogen-bond acceptors (Lipinski definition) is 5. The van der Waals surface area contributed by atoms with Gasteiger partial charge in [0.25, 0.3) is 0 Å². The van der Waals surface area contributed by atoms with Crippen LogP contribution in [0.25, 0.3) is 16.8 Å². The summed E-state index contributed by atoms with van der Waals surface area (Å²) in [6, 6.07) is 24.2. The van der Waals surface area contributed by atoms with Crippen LogP contribution >= 0.6 is 0 Å². The second kappa shape index (κ2) is 9.11. The van der Waals surface area contributed by atoms with Gasteiger partial charge in [-0.3, -0.25) is 14.7 Å². The number of nitrogens with two attached hydrogens (primary N) is 1. The Morgan fingerprint density at radius 2 is 1.91 bits per heavy atom. The maximum atomic E-state index is 13.6. The molecule has 3 aromatic carbocycles. The minimum absolute atomic E-state index is 0.0234. The molecular weight excluding hydrogens is 410 g/mol. The van der Waals surface area contributed by atoms with E-state index in [0.29, 0.717) is 18.8 Å². The molecule has 2 heterocycles. The van der Waals surface area contributed by atoms with Crippen LogP contribution in [0.2, 0.25) is 0 Å². The van der Waals surface area contributed by atoms with Crippen molar-refractivity contribution in [2.24, 2.45) is 5.73 Å². The number of Topliss-reactive ketones (excluding diaryl/α,β-unsaturated/α-hetero) is 1. The summed E-state index contributed by atoms with van der Waals surface area (Å²) in [6.07, 6.45) is 1.73. The van der Waals surface area contributed by atoms with Crippen LogP contribution in [-0.2, 0) is 19.6 Å². The van der Waals surface area contributed by atoms with E-state index in [2.05, 4.69) is 52.0 Å². The Bertz CT molecular complexity index is 1290. The monoisotopic (exact) mass is 437 g/mol. The van der Waals surface area contributed by atoms with Crippen molar-refractivity contribution in [3.8, 4) is 16.8 Å². The Kier molecular flexibility index (Phi) is 5.88. The van der Waals surface area contributed by atoms with Crippen LogP contribution in [0.5, 0.6) is 0 Å². The van der Waals surface area contributed by atoms with Gasteiger partial charge >= 0.3 is 0 Å². The summed E-state index contributed by atoms with van der Waals surface area (Å²) in [5, 5.41) is 6.59. The molecule has 1 unspecified atom stereocenters. The molecule has 6 heteroatoms. The summed E-state index contributed by atoms with van der Waals surface area (Å²) in [4.78, 5) is 18.1. The van der Waals surface area contributed by atoms with Crippen LogP contribution < -0.4 is 16.4 Å². The van der Waals surface area contributed by atoms with Crippen molar-refractivity contribution in [2.45, 2.75) is 25.7 Å². The molecule has 1 atom stereocenters. The highest BCUT2D eigenvalue weighted by molar-refractivity contribution is 6.01. The van der Waals surface area contributed by atoms with E-state index < -0.39 is 6.04 Å². The summed E-state index contributed by atoms with van der Waals surface area (Å²) in [7, 11) is 1.95. The molecular formula is C27H27N5O. The van der Waals surface area contributed by atoms with Crippen molar-refractivity contribution in [3.63, 3.8) is 0 Å². The molecule has 0 spiro atoms. The normalized spacial score (nSPS) is 15.5. The molecule has 5 rings (SSSR count). The number of hydrogen-bond donors (Lipinski definition) is 3. The van der Waals surface area contributed by atoms with Crippen LogP contribution in [0.15, 0.2) is 79.1 Å². The van der Waals surface area contributed by atoms with Gasteiger partial charge in [0.05, 0.1) is 11.7 Å². The fraction of sp³-hybridized carbons (Fsp3) is 0.185. The topological polar surface area (TPSA) is 85.0 Å². The van der Waals surface area contributed by atoms with E-state index in [9.17, 15) is 4.79 Å². The molecule has 1 aliphatic heterocycles. The Morgan fingerprint density at radius 3 is 2.70 bits per heavy atom. The third-order valence-electron chi connectivity index (χ3n) is 6.18. The summed E-state index contributed by atoms with van der Waals surface area (Å²) in [5.41, 5.74) is 13.7. The molecule has 166 valence electrons. The first kappa shape index (κ1) is 21.3. The first-order valence-corrected chi connectivity index (χ1v) is 11.2. The zero-order chi connectivity index (χ0) is 22.8. The fourth-order valence-corrected chi connectivity index (χ4v) is 4.50. The number of fused-ring (bicyclic) bond motifs is 1. The van der Waals surface area contributed by atoms with E-state index in [4.69, 9.17) is 5.73 Å². The number of carbonyl (C=O) groups excluding carboxylic acids is 1. The smallest absolute Gasteiger partial charge is 0.202 e. The third-order valence-corrected chi connectivity index (χ3v) is 6.18. The lowest BCUT2D eigenvalue weighted by Crippen LogP contribution is -2.35. The van der Waals surface area contributed by atoms with Crippen molar-refractivity contribution in [3.05, 3.63) is 107 Å². The fourth-order valence-electron chi connectivity index (χ4n) is 4.50. The maximum Gasteiger partial charge on any atom is 0.202 e. The van der Waals surface area contributed by atoms with E-state index in [1.54, 1.807) is 6.33 Å². The van der Waals surface area contributed by atoms with E-state index in [1.807, 2.05) is 48.0 Å². The average molecular weight is 438 g/mol. The molecule has 0 fully saturated rings. The number of nitrogens with one attached hydrogen (secondary N) is 2. The Labute approximate surface area is 193 Å². The number of imidazole rings is 1. The molecule has 0 bridgehead atoms. The predicted molar refractivity (Wildman–Crippen MR) is 130 cm³/mol. The van der Waals surface area contributed by atoms with Crippen LogP contribution in [0.3, 0.4) is 0 Å². The quantitative estimate of drug-likeness (QED) is 0.428. The number of aromatic nitrogens is 2. The minimum atomic E-state index is -0.410. The summed E-state index contributed by atoms with van der Waals surface area (Å²) in [5.74, 6) is 0.0234. The van der Waals surface area contributed by atoms with Gasteiger partial charge < -0.3 is 11.1 Å². The molecule has 1 aromatic heterocycles. The molecule has 6 nitrogen and oxygen atoms in total. The molecule has 4 aromatic rings. The maximum absolute atomic E-state index is 13.6. The second-order valence-electron chi connectivity index (χ2n) is 8.27. The highest BCUT2D eigenvalue weighted by Crippen LogP contribution is 2.30. The molecule has 0 amide bonds. The van der Waals surface area contributed by atoms with Crippen LogP contribution in [-0.4, -0.2) is 22.4 Å². The summed E-state index contributed by atoms with van der Waals surface area (Å²) >= 11 is 0. The van der Waals surface area contributed by atoms with Crippen molar-refractivity contribution < 1.29 is 4.79 Å². The predicted octanol–water partition coefficient (Wildman–Crippen LogP) is 3.74. The second-order valence-corrected chi connectivity index (χ2v) is 8.27. The van der Waals surface area contributed by atoms with Crippen LogP contribution in [0, 0.1) is 0 Å². The van der Waals surface area contributed by atoms with Gasteiger partial charge in [-0.25, -0.2) is 4.98 Å². The number of carbonyl (C=O) groups is 1. The van der Waals surface area contributed by atoms with E-state index in [1.165, 1.54) is 11.1 Å². The first-order chi connectivity index (χ1) is 16.2. The van der Waals surface area contributed by atoms with Gasteiger partial charge in [-0.2, -0.15) is 0 Å². The standard InChI is InChI=1S/C27H27N5O/c1-29-15-21-6-2-3-8-23(21)19-9-11-20(12-10-19)25-27(33)26-24(16-30-25)31-17-32(26)22-7-4-5-18(13-22)14-28/h2-13,17,25,29-30H,14-16,28H2,1H3. The first-order valence-electron chi connectivity index (χ1n) is 11.2. The zero-order valence-electron chi connectivity index (χ0n) is 18.6. The largest absolute Gasteiger partial charge is 0.326 e. The highest BCUT2D eigenvalue weighted by atomic mass is 16.1. The lowest BCUT2D eigenvalue weighted by molar-refractivity contribution is 0.0922. The lowest BCUT2D eigenvalue weighted by atomic mass is 9.93. The molecule has 33 heavy (non-hydrogen) atoms. The number of benzene rings is 3. The van der Waals surface area contributed by atoms with Gasteiger partial charge in [-0.1, -0.05) is 60.7 Å². The van der Waals surface area contributed by atoms with Crippen molar-refractivity contribution >= 4 is 5.78 Å². The summed E-state index contributed by atoms with van der Waals surface area (Å²) < 4.78 is 1.88. The van der Waals surface area contributed by atoms with Gasteiger partial charge in [0, 0.05) is 25.3 Å². The summed E-state index contributed by atoms with van der Waals surface area (Å²) in [6.45, 7) is 1.80. The minimum Gasteiger partial charge on any atom is -0.326 e. The van der Waals surface area contributed by atoms with Crippen LogP contribution in [0.4, 0.5) is 0 Å². The molecule has 0 saturated carbocycles. The zero-order valence-corrected chi connectivity index (χ0v) is 18.6. The van der Waals surface area contributed by atoms with Gasteiger partial charge in [0.1, 0.15) is 12.0 Å². The SMILES string of the molecule is CNCc1ccccc1-c1ccc(C2NCc3ncn(-c4cccc(CN)c4)c3C2=O)cc1. The van der Waals surface area contributed by atoms with Gasteiger partial charge in [-0.05, 0) is 47.0 Å². The van der Waals surface area contributed by atoms with Gasteiger partial charge in [0.15, 0.2) is 0 Å². The molecule has 0 aliphatic carbocycles. The Balaban J connectivity index is 1.45. The third kappa shape index (κ3) is 4.00. The molecule has 0 radical (unpaired) electrons. The van der Waals surface area contributed by atoms with Gasteiger partial charge in [0.2, 0.25) is 5.78 Å². The highest BCUT2D eigenvalue weighted by Gasteiger charge is 2.32. The van der Waals surface area contributed by atoms with Gasteiger partial charge in [-0.15, -0.1) is 0 Å². The van der Waals surface area contributed by atoms with E-state index >= 15 is 0 Å². The van der Waals surface area contributed by atoms with E-state index in [0.717, 1.165) is 34.6 Å². The van der Waals surface area contributed by atoms with Crippen molar-refractivity contribution in [1.29, 1.82) is 0 Å². The average Bonchev–Trinajstić information content (AvgIpc) is 3.30. The Hall–Kier alpha value is -3.58. The molecule has 1 aliphatic rings. The molecule has 0 saturated heterocycles. The lowest BCUT2D eigenvalue weighted by Gasteiger charge is -2.24. The van der Waals surface area contributed by atoms with Crippen LogP contribution in [0.1, 0.15) is 38.9 Å². The Morgan fingerprint density at radius 1 is 1.09 bits per heavy atom. The number of nitrogens with zero attached hydrogens (tertiary/aromatic N) is 2. The van der Waals surface area contributed by atoms with E-state index in [-0.39, 0.29) is 5.78 Å². The number of ketones is 1. The van der Waals surface area contributed by atoms with Crippen molar-refractivity contribution in [1.82, 2.24) is 20.2 Å².